The smallest absolute Gasteiger partial charge is 0.306 e. The molecule has 0 atom stereocenters. The monoisotopic (exact) mass is 534 g/mol. The third-order valence-electron chi connectivity index (χ3n) is 6.34. The van der Waals surface area contributed by atoms with Crippen LogP contribution in [0.5, 0.6) is 5.75 Å². The van der Waals surface area contributed by atoms with Crippen LogP contribution in [0.4, 0.5) is 5.69 Å². The minimum atomic E-state index is -0.0808. The molecular weight excluding hydrogens is 480 g/mol. The van der Waals surface area contributed by atoms with E-state index < -0.39 is 0 Å². The molecule has 0 amide bonds. The summed E-state index contributed by atoms with van der Waals surface area (Å²) in [6.45, 7) is 5.81. The number of unbranched alkanes of at least 4 members (excludes halogenated alkanes) is 12. The lowest BCUT2D eigenvalue weighted by Crippen LogP contribution is -2.11. The van der Waals surface area contributed by atoms with Crippen LogP contribution in [0, 0.1) is 5.41 Å². The van der Waals surface area contributed by atoms with Gasteiger partial charge in [-0.1, -0.05) is 90.9 Å². The van der Waals surface area contributed by atoms with E-state index in [1.54, 1.807) is 11.8 Å². The highest BCUT2D eigenvalue weighted by Gasteiger charge is 2.04. The van der Waals surface area contributed by atoms with Crippen molar-refractivity contribution in [3.8, 4) is 5.75 Å². The van der Waals surface area contributed by atoms with Crippen molar-refractivity contribution in [2.75, 3.05) is 30.0 Å². The second-order valence-corrected chi connectivity index (χ2v) is 11.1. The molecule has 0 bridgehead atoms. The van der Waals surface area contributed by atoms with Crippen LogP contribution in [0.25, 0.3) is 0 Å². The van der Waals surface area contributed by atoms with Crippen molar-refractivity contribution in [2.24, 2.45) is 0 Å². The summed E-state index contributed by atoms with van der Waals surface area (Å²) in [5.41, 5.74) is 0.921. The van der Waals surface area contributed by atoms with E-state index in [-0.39, 0.29) is 5.97 Å². The van der Waals surface area contributed by atoms with E-state index in [0.29, 0.717) is 25.3 Å². The van der Waals surface area contributed by atoms with Gasteiger partial charge < -0.3 is 14.8 Å². The first kappa shape index (κ1) is 33.3. The molecule has 0 aliphatic carbocycles. The summed E-state index contributed by atoms with van der Waals surface area (Å²) in [5, 5.41) is 11.3. The van der Waals surface area contributed by atoms with Crippen molar-refractivity contribution >= 4 is 29.3 Å². The van der Waals surface area contributed by atoms with Crippen molar-refractivity contribution in [3.05, 3.63) is 24.3 Å². The molecule has 0 saturated carbocycles. The molecule has 212 valence electrons. The van der Waals surface area contributed by atoms with Crippen molar-refractivity contribution in [1.82, 2.24) is 0 Å². The van der Waals surface area contributed by atoms with Gasteiger partial charge in [0.25, 0.3) is 0 Å². The molecule has 0 aliphatic heterocycles. The lowest BCUT2D eigenvalue weighted by Gasteiger charge is -2.10. The number of esters is 1. The highest BCUT2D eigenvalue weighted by Crippen LogP contribution is 2.17. The van der Waals surface area contributed by atoms with E-state index in [0.717, 1.165) is 55.2 Å². The maximum atomic E-state index is 11.8. The third kappa shape index (κ3) is 21.0. The summed E-state index contributed by atoms with van der Waals surface area (Å²) >= 11 is 1.76. The Morgan fingerprint density at radius 3 is 1.92 bits per heavy atom. The maximum Gasteiger partial charge on any atom is 0.306 e. The van der Waals surface area contributed by atoms with Gasteiger partial charge in [0.15, 0.2) is 0 Å². The Bertz CT molecular complexity index is 682. The van der Waals surface area contributed by atoms with Gasteiger partial charge in [0.1, 0.15) is 5.75 Å². The average Bonchev–Trinajstić information content (AvgIpc) is 2.90. The van der Waals surface area contributed by atoms with Crippen molar-refractivity contribution in [3.63, 3.8) is 0 Å². The molecule has 0 aliphatic rings. The van der Waals surface area contributed by atoms with Crippen molar-refractivity contribution in [1.29, 1.82) is 5.41 Å². The summed E-state index contributed by atoms with van der Waals surface area (Å²) in [4.78, 5) is 11.8. The van der Waals surface area contributed by atoms with Crippen molar-refractivity contribution in [2.45, 2.75) is 123 Å². The molecule has 2 N–H and O–H groups in total. The number of amidine groups is 1. The molecule has 0 spiro atoms. The van der Waals surface area contributed by atoms with Crippen LogP contribution in [-0.2, 0) is 9.53 Å². The number of carbonyl (C=O) groups is 1. The van der Waals surface area contributed by atoms with E-state index in [1.807, 2.05) is 24.3 Å². The molecule has 0 unspecified atom stereocenters. The van der Waals surface area contributed by atoms with Gasteiger partial charge in [-0.3, -0.25) is 10.2 Å². The van der Waals surface area contributed by atoms with Gasteiger partial charge in [0, 0.05) is 17.9 Å². The summed E-state index contributed by atoms with van der Waals surface area (Å²) in [5.74, 6) is 3.06. The lowest BCUT2D eigenvalue weighted by atomic mass is 10.1. The Labute approximate surface area is 231 Å². The lowest BCUT2D eigenvalue weighted by molar-refractivity contribution is -0.143. The minimum absolute atomic E-state index is 0.0808. The number of carbonyl (C=O) groups excluding carboxylic acids is 1. The normalized spacial score (nSPS) is 10.9. The number of nitrogens with one attached hydrogen (secondary N) is 2. The van der Waals surface area contributed by atoms with Crippen LogP contribution in [-0.4, -0.2) is 36.5 Å². The fraction of sp³-hybridized carbons (Fsp3) is 0.742. The maximum absolute atomic E-state index is 11.8. The van der Waals surface area contributed by atoms with E-state index >= 15 is 0 Å². The first-order valence-electron chi connectivity index (χ1n) is 15.0. The zero-order valence-electron chi connectivity index (χ0n) is 23.8. The minimum Gasteiger partial charge on any atom is -0.494 e. The third-order valence-corrected chi connectivity index (χ3v) is 7.41. The van der Waals surface area contributed by atoms with E-state index in [9.17, 15) is 4.79 Å². The van der Waals surface area contributed by atoms with Crippen LogP contribution in [0.1, 0.15) is 123 Å². The summed E-state index contributed by atoms with van der Waals surface area (Å²) in [6.07, 6.45) is 19.7. The molecule has 0 heterocycles. The number of hydrogen-bond acceptors (Lipinski definition) is 5. The standard InChI is InChI=1S/C31H54N2O3S/c1-3-5-7-9-11-13-15-24-35-29-21-19-28(20-22-29)33-30(32)18-17-26-37-27-23-31(34)36-25-16-14-12-10-8-6-4-2/h19-22H,3-18,23-27H2,1-2H3,(H2,32,33). The molecule has 0 saturated heterocycles. The van der Waals surface area contributed by atoms with Crippen LogP contribution < -0.4 is 10.1 Å². The molecule has 5 nitrogen and oxygen atoms in total. The Morgan fingerprint density at radius 1 is 0.730 bits per heavy atom. The fourth-order valence-electron chi connectivity index (χ4n) is 4.05. The number of benzene rings is 1. The highest BCUT2D eigenvalue weighted by atomic mass is 32.2. The number of ether oxygens (including phenoxy) is 2. The predicted octanol–water partition coefficient (Wildman–Crippen LogP) is 9.40. The second-order valence-electron chi connectivity index (χ2n) is 9.91. The average molecular weight is 535 g/mol. The summed E-state index contributed by atoms with van der Waals surface area (Å²) in [6, 6.07) is 7.89. The molecule has 0 fully saturated rings. The Hall–Kier alpha value is -1.69. The molecule has 37 heavy (non-hydrogen) atoms. The van der Waals surface area contributed by atoms with Gasteiger partial charge in [-0.25, -0.2) is 0 Å². The quantitative estimate of drug-likeness (QED) is 0.0566. The van der Waals surface area contributed by atoms with E-state index in [2.05, 4.69) is 19.2 Å². The van der Waals surface area contributed by atoms with Gasteiger partial charge in [0.05, 0.1) is 25.5 Å². The summed E-state index contributed by atoms with van der Waals surface area (Å²) < 4.78 is 11.2. The molecule has 1 aromatic carbocycles. The van der Waals surface area contributed by atoms with E-state index in [1.165, 1.54) is 70.6 Å². The molecule has 1 aromatic rings. The molecule has 0 aromatic heterocycles. The molecule has 1 rings (SSSR count). The first-order valence-corrected chi connectivity index (χ1v) is 16.1. The SMILES string of the molecule is CCCCCCCCCOC(=O)CCSCCCC(=N)Nc1ccc(OCCCCCCCCC)cc1. The van der Waals surface area contributed by atoms with Gasteiger partial charge in [0.2, 0.25) is 0 Å². The van der Waals surface area contributed by atoms with Crippen molar-refractivity contribution < 1.29 is 14.3 Å². The number of anilines is 1. The van der Waals surface area contributed by atoms with Gasteiger partial charge in [-0.05, 0) is 49.3 Å². The zero-order valence-corrected chi connectivity index (χ0v) is 24.6. The molecule has 0 radical (unpaired) electrons. The fourth-order valence-corrected chi connectivity index (χ4v) is 4.91. The van der Waals surface area contributed by atoms with Crippen LogP contribution in [0.3, 0.4) is 0 Å². The first-order chi connectivity index (χ1) is 18.2. The molecule has 6 heteroatoms. The largest absolute Gasteiger partial charge is 0.494 e. The van der Waals surface area contributed by atoms with Crippen LogP contribution in [0.2, 0.25) is 0 Å². The zero-order chi connectivity index (χ0) is 26.8. The number of hydrogen-bond donors (Lipinski definition) is 2. The number of rotatable bonds is 25. The summed E-state index contributed by atoms with van der Waals surface area (Å²) in [7, 11) is 0. The van der Waals surface area contributed by atoms with Crippen LogP contribution in [0.15, 0.2) is 24.3 Å². The topological polar surface area (TPSA) is 71.4 Å². The highest BCUT2D eigenvalue weighted by molar-refractivity contribution is 7.99. The van der Waals surface area contributed by atoms with Gasteiger partial charge >= 0.3 is 5.97 Å². The second kappa shape index (κ2) is 24.6. The van der Waals surface area contributed by atoms with Gasteiger partial charge in [-0.2, -0.15) is 11.8 Å². The Kier molecular flexibility index (Phi) is 22.2. The van der Waals surface area contributed by atoms with E-state index in [4.69, 9.17) is 14.9 Å². The van der Waals surface area contributed by atoms with Gasteiger partial charge in [-0.15, -0.1) is 0 Å². The Morgan fingerprint density at radius 2 is 1.30 bits per heavy atom. The predicted molar refractivity (Wildman–Crippen MR) is 161 cm³/mol. The van der Waals surface area contributed by atoms with Crippen LogP contribution >= 0.6 is 11.8 Å². The number of thioether (sulfide) groups is 1. The molecular formula is C31H54N2O3S. The Balaban J connectivity index is 1.97.